The van der Waals surface area contributed by atoms with E-state index in [0.29, 0.717) is 5.41 Å². The predicted octanol–water partition coefficient (Wildman–Crippen LogP) is 1.69. The maximum atomic E-state index is 5.78. The smallest absolute Gasteiger partial charge is 0.00375 e. The average Bonchev–Trinajstić information content (AvgIpc) is 2.49. The molecule has 1 aliphatic rings. The van der Waals surface area contributed by atoms with Crippen molar-refractivity contribution in [1.29, 1.82) is 0 Å². The molecule has 0 spiro atoms. The van der Waals surface area contributed by atoms with Gasteiger partial charge in [0, 0.05) is 12.4 Å². The van der Waals surface area contributed by atoms with Crippen molar-refractivity contribution in [3.05, 3.63) is 24.0 Å². The summed E-state index contributed by atoms with van der Waals surface area (Å²) in [5.74, 6) is 0. The second kappa shape index (κ2) is 2.94. The number of hydrogen-bond acceptors (Lipinski definition) is 1. The lowest BCUT2D eigenvalue weighted by Crippen LogP contribution is -2.39. The van der Waals surface area contributed by atoms with Gasteiger partial charge in [0.25, 0.3) is 0 Å². The zero-order chi connectivity index (χ0) is 8.44. The van der Waals surface area contributed by atoms with Crippen LogP contribution in [0.1, 0.15) is 24.8 Å². The van der Waals surface area contributed by atoms with E-state index in [9.17, 15) is 0 Å². The highest BCUT2D eigenvalue weighted by Gasteiger charge is 2.35. The molecule has 1 aromatic rings. The van der Waals surface area contributed by atoms with E-state index in [4.69, 9.17) is 5.73 Å². The first-order valence-electron chi connectivity index (χ1n) is 4.66. The van der Waals surface area contributed by atoms with Gasteiger partial charge in [-0.3, -0.25) is 0 Å². The van der Waals surface area contributed by atoms with Crippen LogP contribution in [0.5, 0.6) is 0 Å². The van der Waals surface area contributed by atoms with Crippen LogP contribution in [0.15, 0.2) is 18.5 Å². The molecule has 2 rings (SSSR count). The molecule has 0 aliphatic heterocycles. The Hall–Kier alpha value is -0.760. The molecule has 0 bridgehead atoms. The first kappa shape index (κ1) is 7.87. The van der Waals surface area contributed by atoms with Gasteiger partial charge in [-0.15, -0.1) is 0 Å². The molecule has 2 heteroatoms. The van der Waals surface area contributed by atoms with Crippen LogP contribution in [0.3, 0.4) is 0 Å². The first-order valence-corrected chi connectivity index (χ1v) is 4.66. The van der Waals surface area contributed by atoms with Crippen molar-refractivity contribution in [3.8, 4) is 0 Å². The molecule has 0 amide bonds. The lowest BCUT2D eigenvalue weighted by molar-refractivity contribution is 0.145. The topological polar surface area (TPSA) is 41.8 Å². The normalized spacial score (nSPS) is 20.4. The SMILES string of the molecule is NCC1(Cc2cc[nH]c2)CCC1. The summed E-state index contributed by atoms with van der Waals surface area (Å²) in [6, 6.07) is 2.15. The average molecular weight is 164 g/mol. The largest absolute Gasteiger partial charge is 0.367 e. The Balaban J connectivity index is 2.01. The highest BCUT2D eigenvalue weighted by Crippen LogP contribution is 2.42. The molecule has 0 saturated heterocycles. The Kier molecular flexibility index (Phi) is 1.93. The molecule has 12 heavy (non-hydrogen) atoms. The van der Waals surface area contributed by atoms with E-state index in [-0.39, 0.29) is 0 Å². The van der Waals surface area contributed by atoms with Gasteiger partial charge in [0.15, 0.2) is 0 Å². The zero-order valence-electron chi connectivity index (χ0n) is 7.34. The van der Waals surface area contributed by atoms with Crippen molar-refractivity contribution < 1.29 is 0 Å². The third kappa shape index (κ3) is 1.27. The summed E-state index contributed by atoms with van der Waals surface area (Å²) in [4.78, 5) is 3.08. The van der Waals surface area contributed by atoms with Crippen molar-refractivity contribution in [2.45, 2.75) is 25.7 Å². The summed E-state index contributed by atoms with van der Waals surface area (Å²) in [5, 5.41) is 0. The zero-order valence-corrected chi connectivity index (χ0v) is 7.34. The van der Waals surface area contributed by atoms with Crippen LogP contribution in [-0.2, 0) is 6.42 Å². The Morgan fingerprint density at radius 1 is 1.50 bits per heavy atom. The molecule has 1 saturated carbocycles. The maximum Gasteiger partial charge on any atom is 0.00375 e. The standard InChI is InChI=1S/C10H16N2/c11-8-10(3-1-4-10)6-9-2-5-12-7-9/h2,5,7,12H,1,3-4,6,8,11H2. The number of nitrogens with two attached hydrogens (primary N) is 1. The lowest BCUT2D eigenvalue weighted by atomic mass is 9.66. The molecule has 3 N–H and O–H groups in total. The molecular formula is C10H16N2. The summed E-state index contributed by atoms with van der Waals surface area (Å²) in [7, 11) is 0. The number of hydrogen-bond donors (Lipinski definition) is 2. The maximum absolute atomic E-state index is 5.78. The third-order valence-corrected chi connectivity index (χ3v) is 3.09. The molecule has 2 nitrogen and oxygen atoms in total. The molecule has 1 heterocycles. The van der Waals surface area contributed by atoms with Gasteiger partial charge >= 0.3 is 0 Å². The van der Waals surface area contributed by atoms with Crippen molar-refractivity contribution >= 4 is 0 Å². The summed E-state index contributed by atoms with van der Waals surface area (Å²) >= 11 is 0. The van der Waals surface area contributed by atoms with Crippen LogP contribution in [0.2, 0.25) is 0 Å². The third-order valence-electron chi connectivity index (χ3n) is 3.09. The van der Waals surface area contributed by atoms with Gasteiger partial charge in [-0.05, 0) is 42.9 Å². The van der Waals surface area contributed by atoms with Crippen LogP contribution >= 0.6 is 0 Å². The lowest BCUT2D eigenvalue weighted by Gasteiger charge is -2.41. The second-order valence-electron chi connectivity index (χ2n) is 3.95. The van der Waals surface area contributed by atoms with Gasteiger partial charge in [-0.25, -0.2) is 0 Å². The summed E-state index contributed by atoms with van der Waals surface area (Å²) < 4.78 is 0. The van der Waals surface area contributed by atoms with Crippen LogP contribution in [0.4, 0.5) is 0 Å². The van der Waals surface area contributed by atoms with E-state index in [1.54, 1.807) is 0 Å². The van der Waals surface area contributed by atoms with E-state index in [0.717, 1.165) is 13.0 Å². The van der Waals surface area contributed by atoms with Gasteiger partial charge in [0.1, 0.15) is 0 Å². The molecule has 1 aliphatic carbocycles. The highest BCUT2D eigenvalue weighted by atomic mass is 14.7. The van der Waals surface area contributed by atoms with Gasteiger partial charge in [-0.2, -0.15) is 0 Å². The minimum atomic E-state index is 0.447. The molecule has 0 atom stereocenters. The minimum absolute atomic E-state index is 0.447. The second-order valence-corrected chi connectivity index (χ2v) is 3.95. The van der Waals surface area contributed by atoms with Crippen LogP contribution in [0.25, 0.3) is 0 Å². The molecule has 0 unspecified atom stereocenters. The highest BCUT2D eigenvalue weighted by molar-refractivity contribution is 5.12. The number of H-pyrrole nitrogens is 1. The van der Waals surface area contributed by atoms with Crippen molar-refractivity contribution in [2.75, 3.05) is 6.54 Å². The monoisotopic (exact) mass is 164 g/mol. The van der Waals surface area contributed by atoms with Gasteiger partial charge in [0.2, 0.25) is 0 Å². The number of aromatic nitrogens is 1. The van der Waals surface area contributed by atoms with E-state index < -0.39 is 0 Å². The van der Waals surface area contributed by atoms with E-state index in [1.165, 1.54) is 24.8 Å². The van der Waals surface area contributed by atoms with Crippen molar-refractivity contribution in [2.24, 2.45) is 11.1 Å². The summed E-state index contributed by atoms with van der Waals surface area (Å²) in [5.41, 5.74) is 7.62. The Morgan fingerprint density at radius 3 is 2.75 bits per heavy atom. The fourth-order valence-corrected chi connectivity index (χ4v) is 2.03. The number of rotatable bonds is 3. The quantitative estimate of drug-likeness (QED) is 0.701. The van der Waals surface area contributed by atoms with Gasteiger partial charge < -0.3 is 10.7 Å². The molecule has 66 valence electrons. The molecular weight excluding hydrogens is 148 g/mol. The number of nitrogens with one attached hydrogen (secondary N) is 1. The Morgan fingerprint density at radius 2 is 2.33 bits per heavy atom. The molecule has 0 radical (unpaired) electrons. The first-order chi connectivity index (χ1) is 5.85. The summed E-state index contributed by atoms with van der Waals surface area (Å²) in [6.45, 7) is 0.845. The molecule has 1 fully saturated rings. The van der Waals surface area contributed by atoms with Gasteiger partial charge in [0.05, 0.1) is 0 Å². The molecule has 1 aromatic heterocycles. The van der Waals surface area contributed by atoms with Gasteiger partial charge in [-0.1, -0.05) is 6.42 Å². The fraction of sp³-hybridized carbons (Fsp3) is 0.600. The predicted molar refractivity (Wildman–Crippen MR) is 49.8 cm³/mol. The van der Waals surface area contributed by atoms with Crippen LogP contribution in [0, 0.1) is 5.41 Å². The van der Waals surface area contributed by atoms with E-state index >= 15 is 0 Å². The molecule has 0 aromatic carbocycles. The van der Waals surface area contributed by atoms with E-state index in [1.807, 2.05) is 6.20 Å². The van der Waals surface area contributed by atoms with Crippen molar-refractivity contribution in [3.63, 3.8) is 0 Å². The minimum Gasteiger partial charge on any atom is -0.367 e. The summed E-state index contributed by atoms with van der Waals surface area (Å²) in [6.07, 6.45) is 9.21. The fourth-order valence-electron chi connectivity index (χ4n) is 2.03. The van der Waals surface area contributed by atoms with E-state index in [2.05, 4.69) is 17.2 Å². The Labute approximate surface area is 73.2 Å². The Bertz CT molecular complexity index is 229. The van der Waals surface area contributed by atoms with Crippen molar-refractivity contribution in [1.82, 2.24) is 4.98 Å². The van der Waals surface area contributed by atoms with Crippen LogP contribution < -0.4 is 5.73 Å². The number of aromatic amines is 1. The van der Waals surface area contributed by atoms with Crippen LogP contribution in [-0.4, -0.2) is 11.5 Å².